The molecule has 146 valence electrons. The van der Waals surface area contributed by atoms with Gasteiger partial charge in [0.2, 0.25) is 5.91 Å². The lowest BCUT2D eigenvalue weighted by molar-refractivity contribution is -0.115. The number of esters is 1. The van der Waals surface area contributed by atoms with Crippen LogP contribution in [0.4, 0.5) is 5.00 Å². The largest absolute Gasteiger partial charge is 0.496 e. The minimum Gasteiger partial charge on any atom is -0.496 e. The van der Waals surface area contributed by atoms with E-state index in [1.54, 1.807) is 13.2 Å². The van der Waals surface area contributed by atoms with Crippen molar-refractivity contribution in [2.24, 2.45) is 0 Å². The number of benzene rings is 1. The highest BCUT2D eigenvalue weighted by atomic mass is 32.1. The fourth-order valence-corrected chi connectivity index (χ4v) is 4.62. The smallest absolute Gasteiger partial charge is 0.341 e. The van der Waals surface area contributed by atoms with Crippen molar-refractivity contribution in [1.29, 1.82) is 0 Å². The molecule has 1 aromatic heterocycles. The van der Waals surface area contributed by atoms with Crippen molar-refractivity contribution in [2.75, 3.05) is 19.5 Å². The number of nitrogens with one attached hydrogen (secondary N) is 2. The SMILES string of the molecule is COC(=O)c1c(NC(=S)NC(=O)C=Cc2ccccc2OC)sc2c1CCC2. The lowest BCUT2D eigenvalue weighted by Crippen LogP contribution is -2.33. The van der Waals surface area contributed by atoms with Crippen LogP contribution in [0.25, 0.3) is 6.08 Å². The highest BCUT2D eigenvalue weighted by Gasteiger charge is 2.27. The van der Waals surface area contributed by atoms with Gasteiger partial charge in [-0.2, -0.15) is 0 Å². The van der Waals surface area contributed by atoms with Crippen LogP contribution in [-0.4, -0.2) is 31.2 Å². The molecule has 0 aliphatic heterocycles. The molecule has 1 amide bonds. The second-order valence-electron chi connectivity index (χ2n) is 6.07. The number of carbonyl (C=O) groups excluding carboxylic acids is 2. The Bertz CT molecular complexity index is 950. The Morgan fingerprint density at radius 2 is 2.00 bits per heavy atom. The van der Waals surface area contributed by atoms with Gasteiger partial charge in [-0.1, -0.05) is 18.2 Å². The fraction of sp³-hybridized carbons (Fsp3) is 0.250. The molecule has 1 aliphatic carbocycles. The molecular formula is C20H20N2O4S2. The number of para-hydroxylation sites is 1. The Labute approximate surface area is 172 Å². The second-order valence-corrected chi connectivity index (χ2v) is 7.59. The van der Waals surface area contributed by atoms with Crippen molar-refractivity contribution in [3.8, 4) is 5.75 Å². The van der Waals surface area contributed by atoms with Crippen LogP contribution < -0.4 is 15.4 Å². The average molecular weight is 417 g/mol. The van der Waals surface area contributed by atoms with Crippen LogP contribution >= 0.6 is 23.6 Å². The quantitative estimate of drug-likeness (QED) is 0.441. The minimum absolute atomic E-state index is 0.125. The van der Waals surface area contributed by atoms with Crippen molar-refractivity contribution < 1.29 is 19.1 Å². The number of hydrogen-bond donors (Lipinski definition) is 2. The number of fused-ring (bicyclic) bond motifs is 1. The summed E-state index contributed by atoms with van der Waals surface area (Å²) in [6.45, 7) is 0. The third-order valence-corrected chi connectivity index (χ3v) is 5.74. The zero-order chi connectivity index (χ0) is 20.1. The number of aryl methyl sites for hydroxylation is 1. The van der Waals surface area contributed by atoms with Crippen molar-refractivity contribution >= 4 is 51.6 Å². The summed E-state index contributed by atoms with van der Waals surface area (Å²) in [7, 11) is 2.93. The van der Waals surface area contributed by atoms with Crippen LogP contribution in [0, 0.1) is 0 Å². The first-order valence-electron chi connectivity index (χ1n) is 8.69. The van der Waals surface area contributed by atoms with Crippen molar-refractivity contribution in [3.63, 3.8) is 0 Å². The molecule has 2 aromatic rings. The van der Waals surface area contributed by atoms with Crippen LogP contribution in [0.2, 0.25) is 0 Å². The predicted octanol–water partition coefficient (Wildman–Crippen LogP) is 3.56. The Hall–Kier alpha value is -2.71. The molecular weight excluding hydrogens is 396 g/mol. The number of thiocarbonyl (C=S) groups is 1. The molecule has 6 nitrogen and oxygen atoms in total. The van der Waals surface area contributed by atoms with Gasteiger partial charge >= 0.3 is 5.97 Å². The zero-order valence-corrected chi connectivity index (χ0v) is 17.2. The molecule has 28 heavy (non-hydrogen) atoms. The maximum atomic E-state index is 12.2. The molecule has 0 radical (unpaired) electrons. The summed E-state index contributed by atoms with van der Waals surface area (Å²) in [6, 6.07) is 7.37. The van der Waals surface area contributed by atoms with E-state index in [1.807, 2.05) is 24.3 Å². The molecule has 0 saturated carbocycles. The summed E-state index contributed by atoms with van der Waals surface area (Å²) in [5, 5.41) is 6.29. The number of thiophene rings is 1. The normalized spacial score (nSPS) is 12.5. The van der Waals surface area contributed by atoms with E-state index < -0.39 is 5.97 Å². The summed E-state index contributed by atoms with van der Waals surface area (Å²) in [5.74, 6) is -0.109. The fourth-order valence-electron chi connectivity index (χ4n) is 3.07. The van der Waals surface area contributed by atoms with Gasteiger partial charge in [0.1, 0.15) is 10.8 Å². The Kier molecular flexibility index (Phi) is 6.43. The zero-order valence-electron chi connectivity index (χ0n) is 15.5. The first-order chi connectivity index (χ1) is 13.5. The second kappa shape index (κ2) is 8.99. The van der Waals surface area contributed by atoms with Crippen molar-refractivity contribution in [2.45, 2.75) is 19.3 Å². The van der Waals surface area contributed by atoms with Crippen LogP contribution in [0.1, 0.15) is 32.8 Å². The van der Waals surface area contributed by atoms with Gasteiger partial charge in [-0.05, 0) is 49.2 Å². The van der Waals surface area contributed by atoms with Gasteiger partial charge in [0, 0.05) is 16.5 Å². The Morgan fingerprint density at radius 3 is 2.75 bits per heavy atom. The van der Waals surface area contributed by atoms with Crippen LogP contribution in [0.3, 0.4) is 0 Å². The van der Waals surface area contributed by atoms with Crippen LogP contribution in [0.15, 0.2) is 30.3 Å². The standard InChI is InChI=1S/C20H20N2O4S2/c1-25-14-8-4-3-6-12(14)10-11-16(23)21-20(27)22-18-17(19(24)26-2)13-7-5-9-15(13)28-18/h3-4,6,8,10-11H,5,7,9H2,1-2H3,(H2,21,22,23,27). The summed E-state index contributed by atoms with van der Waals surface area (Å²) in [6.07, 6.45) is 5.84. The monoisotopic (exact) mass is 416 g/mol. The lowest BCUT2D eigenvalue weighted by Gasteiger charge is -2.09. The summed E-state index contributed by atoms with van der Waals surface area (Å²) in [4.78, 5) is 25.5. The number of amides is 1. The van der Waals surface area contributed by atoms with Gasteiger partial charge in [-0.3, -0.25) is 10.1 Å². The van der Waals surface area contributed by atoms with E-state index in [4.69, 9.17) is 21.7 Å². The third-order valence-electron chi connectivity index (χ3n) is 4.33. The Morgan fingerprint density at radius 1 is 1.21 bits per heavy atom. The molecule has 8 heteroatoms. The lowest BCUT2D eigenvalue weighted by atomic mass is 10.1. The molecule has 0 atom stereocenters. The van der Waals surface area contributed by atoms with Gasteiger partial charge in [-0.15, -0.1) is 11.3 Å². The maximum Gasteiger partial charge on any atom is 0.341 e. The van der Waals surface area contributed by atoms with Gasteiger partial charge < -0.3 is 14.8 Å². The third kappa shape index (κ3) is 4.40. The Balaban J connectivity index is 1.67. The highest BCUT2D eigenvalue weighted by molar-refractivity contribution is 7.80. The van der Waals surface area contributed by atoms with Gasteiger partial charge in [0.05, 0.1) is 19.8 Å². The van der Waals surface area contributed by atoms with E-state index >= 15 is 0 Å². The molecule has 0 fully saturated rings. The van der Waals surface area contributed by atoms with Crippen LogP contribution in [-0.2, 0) is 22.4 Å². The van der Waals surface area contributed by atoms with Crippen molar-refractivity contribution in [1.82, 2.24) is 5.32 Å². The number of methoxy groups -OCH3 is 2. The average Bonchev–Trinajstić information content (AvgIpc) is 3.26. The van der Waals surface area contributed by atoms with E-state index in [9.17, 15) is 9.59 Å². The predicted molar refractivity (Wildman–Crippen MR) is 114 cm³/mol. The van der Waals surface area contributed by atoms with E-state index in [-0.39, 0.29) is 11.0 Å². The maximum absolute atomic E-state index is 12.2. The molecule has 1 heterocycles. The summed E-state index contributed by atoms with van der Waals surface area (Å²) >= 11 is 6.71. The van der Waals surface area contributed by atoms with Gasteiger partial charge in [-0.25, -0.2) is 4.79 Å². The minimum atomic E-state index is -0.396. The first-order valence-corrected chi connectivity index (χ1v) is 9.92. The number of rotatable bonds is 5. The van der Waals surface area contributed by atoms with E-state index in [0.717, 1.165) is 35.3 Å². The number of carbonyl (C=O) groups is 2. The molecule has 1 aromatic carbocycles. The van der Waals surface area contributed by atoms with Crippen molar-refractivity contribution in [3.05, 3.63) is 51.9 Å². The molecule has 0 saturated heterocycles. The molecule has 1 aliphatic rings. The molecule has 2 N–H and O–H groups in total. The number of ether oxygens (including phenoxy) is 2. The summed E-state index contributed by atoms with van der Waals surface area (Å²) in [5.41, 5.74) is 2.31. The van der Waals surface area contributed by atoms with E-state index in [2.05, 4.69) is 10.6 Å². The summed E-state index contributed by atoms with van der Waals surface area (Å²) < 4.78 is 10.2. The van der Waals surface area contributed by atoms with Gasteiger partial charge in [0.25, 0.3) is 0 Å². The van der Waals surface area contributed by atoms with Gasteiger partial charge in [0.15, 0.2) is 5.11 Å². The molecule has 0 bridgehead atoms. The molecule has 0 spiro atoms. The van der Waals surface area contributed by atoms with E-state index in [0.29, 0.717) is 16.3 Å². The number of anilines is 1. The van der Waals surface area contributed by atoms with E-state index in [1.165, 1.54) is 24.5 Å². The van der Waals surface area contributed by atoms with Crippen LogP contribution in [0.5, 0.6) is 5.75 Å². The molecule has 3 rings (SSSR count). The number of hydrogen-bond acceptors (Lipinski definition) is 6. The highest BCUT2D eigenvalue weighted by Crippen LogP contribution is 2.39. The molecule has 0 unspecified atom stereocenters. The topological polar surface area (TPSA) is 76.7 Å². The first kappa shape index (κ1) is 20.0.